The maximum atomic E-state index is 14.2. The molecular formula is C22H21FN4O6. The standard InChI is InChI=1S/C22H21FN4O6/c1-33-9-14-11(19(30)7-28)3-18-21-13(6-27(18)22(14)32)12(5-25-20(31)8-29)10-2-16(24)15(23)4-17(10)26-21/h2-4,7,19,29-30H,5-6,8-9,24H2,1H3,(H,25,31). The number of methoxy groups -OCH3 is 1. The van der Waals surface area contributed by atoms with E-state index < -0.39 is 30.0 Å². The molecule has 33 heavy (non-hydrogen) atoms. The first-order valence-corrected chi connectivity index (χ1v) is 9.98. The third-order valence-electron chi connectivity index (χ3n) is 5.66. The fraction of sp³-hybridized carbons (Fsp3) is 0.273. The van der Waals surface area contributed by atoms with Crippen molar-refractivity contribution >= 4 is 28.8 Å². The third-order valence-corrected chi connectivity index (χ3v) is 5.66. The molecule has 4 rings (SSSR count). The quantitative estimate of drug-likeness (QED) is 0.226. The number of ether oxygens (including phenoxy) is 1. The van der Waals surface area contributed by atoms with E-state index in [9.17, 15) is 23.9 Å². The van der Waals surface area contributed by atoms with Crippen LogP contribution in [-0.4, -0.2) is 45.7 Å². The number of hydrogen-bond acceptors (Lipinski definition) is 8. The summed E-state index contributed by atoms with van der Waals surface area (Å²) in [6.07, 6.45) is -1.23. The van der Waals surface area contributed by atoms with Gasteiger partial charge in [0, 0.05) is 41.8 Å². The second kappa shape index (κ2) is 8.70. The fourth-order valence-corrected chi connectivity index (χ4v) is 4.08. The number of rotatable bonds is 7. The molecule has 5 N–H and O–H groups in total. The van der Waals surface area contributed by atoms with Crippen LogP contribution in [0.3, 0.4) is 0 Å². The van der Waals surface area contributed by atoms with E-state index >= 15 is 0 Å². The minimum Gasteiger partial charge on any atom is -0.396 e. The Labute approximate surface area is 186 Å². The average Bonchev–Trinajstić information content (AvgIpc) is 3.17. The molecule has 1 unspecified atom stereocenters. The van der Waals surface area contributed by atoms with E-state index in [1.165, 1.54) is 23.8 Å². The number of benzene rings is 1. The minimum absolute atomic E-state index is 0.0245. The normalized spacial score (nSPS) is 13.0. The van der Waals surface area contributed by atoms with E-state index in [1.807, 2.05) is 0 Å². The van der Waals surface area contributed by atoms with Crippen molar-refractivity contribution in [1.82, 2.24) is 14.9 Å². The van der Waals surface area contributed by atoms with Gasteiger partial charge in [0.15, 0.2) is 6.29 Å². The van der Waals surface area contributed by atoms with E-state index in [0.717, 1.165) is 6.07 Å². The van der Waals surface area contributed by atoms with Crippen LogP contribution in [0, 0.1) is 5.82 Å². The highest BCUT2D eigenvalue weighted by Gasteiger charge is 2.30. The molecule has 2 aromatic heterocycles. The Morgan fingerprint density at radius 2 is 2.15 bits per heavy atom. The van der Waals surface area contributed by atoms with Gasteiger partial charge in [0.25, 0.3) is 5.56 Å². The van der Waals surface area contributed by atoms with Crippen molar-refractivity contribution in [2.45, 2.75) is 25.8 Å². The van der Waals surface area contributed by atoms with Crippen LogP contribution < -0.4 is 16.6 Å². The highest BCUT2D eigenvalue weighted by Crippen LogP contribution is 2.37. The molecule has 3 heterocycles. The molecule has 1 amide bonds. The molecule has 1 aliphatic rings. The molecule has 10 nitrogen and oxygen atoms in total. The first-order valence-electron chi connectivity index (χ1n) is 9.98. The lowest BCUT2D eigenvalue weighted by molar-refractivity contribution is -0.124. The number of nitrogen functional groups attached to an aromatic ring is 1. The van der Waals surface area contributed by atoms with Gasteiger partial charge in [-0.1, -0.05) is 0 Å². The Morgan fingerprint density at radius 3 is 2.82 bits per heavy atom. The lowest BCUT2D eigenvalue weighted by Gasteiger charge is -2.14. The number of aliphatic hydroxyl groups is 2. The number of aldehydes is 1. The van der Waals surface area contributed by atoms with Gasteiger partial charge in [-0.2, -0.15) is 0 Å². The van der Waals surface area contributed by atoms with Gasteiger partial charge in [-0.25, -0.2) is 9.37 Å². The van der Waals surface area contributed by atoms with Gasteiger partial charge >= 0.3 is 0 Å². The summed E-state index contributed by atoms with van der Waals surface area (Å²) in [5.74, 6) is -1.29. The van der Waals surface area contributed by atoms with Crippen molar-refractivity contribution in [3.8, 4) is 11.4 Å². The van der Waals surface area contributed by atoms with Crippen LogP contribution in [-0.2, 0) is 34.0 Å². The van der Waals surface area contributed by atoms with E-state index in [0.29, 0.717) is 34.2 Å². The molecule has 0 radical (unpaired) electrons. The number of nitrogens with zero attached hydrogens (tertiary/aromatic N) is 2. The van der Waals surface area contributed by atoms with Gasteiger partial charge in [0.1, 0.15) is 18.5 Å². The Balaban J connectivity index is 2.00. The summed E-state index contributed by atoms with van der Waals surface area (Å²) in [7, 11) is 1.39. The predicted octanol–water partition coefficient (Wildman–Crippen LogP) is 0.134. The van der Waals surface area contributed by atoms with Gasteiger partial charge in [-0.15, -0.1) is 0 Å². The summed E-state index contributed by atoms with van der Waals surface area (Å²) in [5.41, 5.74) is 7.46. The maximum absolute atomic E-state index is 14.2. The molecule has 172 valence electrons. The summed E-state index contributed by atoms with van der Waals surface area (Å²) < 4.78 is 20.7. The average molecular weight is 456 g/mol. The van der Waals surface area contributed by atoms with Crippen molar-refractivity contribution < 1.29 is 28.9 Å². The van der Waals surface area contributed by atoms with Crippen LogP contribution in [0.15, 0.2) is 23.0 Å². The lowest BCUT2D eigenvalue weighted by atomic mass is 9.99. The van der Waals surface area contributed by atoms with Crippen molar-refractivity contribution in [2.24, 2.45) is 0 Å². The number of halogens is 1. The number of carbonyl (C=O) groups excluding carboxylic acids is 2. The van der Waals surface area contributed by atoms with Crippen molar-refractivity contribution in [3.05, 3.63) is 56.6 Å². The van der Waals surface area contributed by atoms with Gasteiger partial charge in [0.2, 0.25) is 5.91 Å². The number of nitrogens with one attached hydrogen (secondary N) is 1. The minimum atomic E-state index is -1.54. The van der Waals surface area contributed by atoms with Crippen LogP contribution in [0.5, 0.6) is 0 Å². The van der Waals surface area contributed by atoms with E-state index in [2.05, 4.69) is 10.3 Å². The molecule has 0 bridgehead atoms. The Bertz CT molecular complexity index is 1350. The number of anilines is 1. The zero-order valence-electron chi connectivity index (χ0n) is 17.6. The molecule has 1 atom stereocenters. The van der Waals surface area contributed by atoms with Gasteiger partial charge in [-0.05, 0) is 17.7 Å². The van der Waals surface area contributed by atoms with Crippen LogP contribution in [0.4, 0.5) is 10.1 Å². The Morgan fingerprint density at radius 1 is 1.39 bits per heavy atom. The topological polar surface area (TPSA) is 157 Å². The van der Waals surface area contributed by atoms with Crippen LogP contribution >= 0.6 is 0 Å². The zero-order valence-corrected chi connectivity index (χ0v) is 17.6. The molecule has 11 heteroatoms. The number of pyridine rings is 2. The highest BCUT2D eigenvalue weighted by atomic mass is 19.1. The number of amides is 1. The highest BCUT2D eigenvalue weighted by molar-refractivity contribution is 5.91. The molecular weight excluding hydrogens is 435 g/mol. The van der Waals surface area contributed by atoms with E-state index in [4.69, 9.17) is 15.6 Å². The first kappa shape index (κ1) is 22.5. The van der Waals surface area contributed by atoms with Gasteiger partial charge in [-0.3, -0.25) is 9.59 Å². The number of hydrogen-bond donors (Lipinski definition) is 4. The Hall–Kier alpha value is -3.67. The summed E-state index contributed by atoms with van der Waals surface area (Å²) in [5, 5.41) is 22.3. The number of carbonyl (C=O) groups is 2. The number of nitrogens with two attached hydrogens (primary N) is 1. The smallest absolute Gasteiger partial charge is 0.257 e. The number of fused-ring (bicyclic) bond motifs is 4. The Kier molecular flexibility index (Phi) is 5.93. The van der Waals surface area contributed by atoms with Crippen molar-refractivity contribution in [3.63, 3.8) is 0 Å². The van der Waals surface area contributed by atoms with Gasteiger partial charge in [0.05, 0.1) is 35.7 Å². The van der Waals surface area contributed by atoms with Crippen LogP contribution in [0.2, 0.25) is 0 Å². The number of aromatic nitrogens is 2. The van der Waals surface area contributed by atoms with E-state index in [1.54, 1.807) is 0 Å². The second-order valence-electron chi connectivity index (χ2n) is 7.61. The molecule has 0 aliphatic carbocycles. The molecule has 0 spiro atoms. The third kappa shape index (κ3) is 3.75. The molecule has 0 saturated carbocycles. The monoisotopic (exact) mass is 456 g/mol. The summed E-state index contributed by atoms with van der Waals surface area (Å²) >= 11 is 0. The molecule has 0 saturated heterocycles. The molecule has 3 aromatic rings. The van der Waals surface area contributed by atoms with Gasteiger partial charge < -0.3 is 35.4 Å². The molecule has 1 aliphatic heterocycles. The first-order chi connectivity index (χ1) is 15.8. The maximum Gasteiger partial charge on any atom is 0.257 e. The lowest BCUT2D eigenvalue weighted by Crippen LogP contribution is -2.27. The molecule has 0 fully saturated rings. The van der Waals surface area contributed by atoms with Crippen LogP contribution in [0.1, 0.15) is 28.4 Å². The summed E-state index contributed by atoms with van der Waals surface area (Å²) in [6, 6.07) is 4.05. The van der Waals surface area contributed by atoms with Crippen molar-refractivity contribution in [1.29, 1.82) is 0 Å². The summed E-state index contributed by atoms with van der Waals surface area (Å²) in [6.45, 7) is -0.771. The largest absolute Gasteiger partial charge is 0.396 e. The molecule has 1 aromatic carbocycles. The number of aliphatic hydroxyl groups excluding tert-OH is 2. The SMILES string of the molecule is COCc1c(C(O)C=O)cc2n(c1=O)Cc1c-2nc2cc(F)c(N)cc2c1CNC(=O)CO. The van der Waals surface area contributed by atoms with Crippen LogP contribution in [0.25, 0.3) is 22.3 Å². The zero-order chi connectivity index (χ0) is 23.9. The second-order valence-corrected chi connectivity index (χ2v) is 7.61. The summed E-state index contributed by atoms with van der Waals surface area (Å²) in [4.78, 5) is 40.7. The van der Waals surface area contributed by atoms with E-state index in [-0.39, 0.29) is 42.0 Å². The van der Waals surface area contributed by atoms with Crippen molar-refractivity contribution in [2.75, 3.05) is 19.5 Å². The predicted molar refractivity (Wildman–Crippen MR) is 116 cm³/mol. The fourth-order valence-electron chi connectivity index (χ4n) is 4.08.